The Hall–Kier alpha value is -3.02. The van der Waals surface area contributed by atoms with E-state index < -0.39 is 0 Å². The van der Waals surface area contributed by atoms with E-state index in [1.54, 1.807) is 18.6 Å². The van der Waals surface area contributed by atoms with Crippen LogP contribution in [0.5, 0.6) is 0 Å². The van der Waals surface area contributed by atoms with Crippen LogP contribution in [0, 0.1) is 0 Å². The number of rotatable bonds is 6. The van der Waals surface area contributed by atoms with Gasteiger partial charge in [0.25, 0.3) is 0 Å². The molecule has 3 aromatic heterocycles. The predicted molar refractivity (Wildman–Crippen MR) is 91.0 cm³/mol. The quantitative estimate of drug-likeness (QED) is 0.729. The molecule has 0 saturated heterocycles. The maximum absolute atomic E-state index is 4.55. The van der Waals surface area contributed by atoms with Crippen LogP contribution in [0.4, 0.5) is 11.8 Å². The fraction of sp³-hybridized carbons (Fsp3) is 0.176. The lowest BCUT2D eigenvalue weighted by Crippen LogP contribution is -2.07. The van der Waals surface area contributed by atoms with E-state index >= 15 is 0 Å². The van der Waals surface area contributed by atoms with Gasteiger partial charge in [0.1, 0.15) is 5.82 Å². The minimum atomic E-state index is 0.607. The van der Waals surface area contributed by atoms with E-state index in [0.717, 1.165) is 29.2 Å². The van der Waals surface area contributed by atoms with E-state index in [1.165, 1.54) is 0 Å². The third-order valence-corrected chi connectivity index (χ3v) is 3.23. The molecule has 0 atom stereocenters. The molecule has 0 fully saturated rings. The number of anilines is 2. The van der Waals surface area contributed by atoms with Gasteiger partial charge in [-0.1, -0.05) is 6.07 Å². The lowest BCUT2D eigenvalue weighted by atomic mass is 10.2. The third kappa shape index (κ3) is 4.00. The van der Waals surface area contributed by atoms with Crippen LogP contribution in [0.15, 0.2) is 55.1 Å². The van der Waals surface area contributed by atoms with E-state index in [9.17, 15) is 0 Å². The smallest absolute Gasteiger partial charge is 0.225 e. The van der Waals surface area contributed by atoms with Gasteiger partial charge in [0.05, 0.1) is 5.69 Å². The second-order valence-corrected chi connectivity index (χ2v) is 4.94. The average Bonchev–Trinajstić information content (AvgIpc) is 2.62. The molecule has 3 aromatic rings. The van der Waals surface area contributed by atoms with Crippen molar-refractivity contribution in [1.82, 2.24) is 19.9 Å². The van der Waals surface area contributed by atoms with Crippen molar-refractivity contribution in [1.29, 1.82) is 0 Å². The van der Waals surface area contributed by atoms with Crippen molar-refractivity contribution in [3.63, 3.8) is 0 Å². The van der Waals surface area contributed by atoms with Crippen molar-refractivity contribution < 1.29 is 0 Å². The standard InChI is InChI=1S/C17H18N6/c1-2-20-17-22-15(14-5-8-18-9-6-14)10-16(23-17)21-12-13-4-3-7-19-11-13/h3-11H,2,12H2,1H3,(H2,20,21,22,23). The van der Waals surface area contributed by atoms with Crippen molar-refractivity contribution in [3.8, 4) is 11.3 Å². The summed E-state index contributed by atoms with van der Waals surface area (Å²) in [6, 6.07) is 9.75. The molecule has 3 heterocycles. The zero-order valence-electron chi connectivity index (χ0n) is 12.9. The van der Waals surface area contributed by atoms with Crippen LogP contribution in [0.1, 0.15) is 12.5 Å². The first-order valence-electron chi connectivity index (χ1n) is 7.51. The van der Waals surface area contributed by atoms with Crippen molar-refractivity contribution in [3.05, 3.63) is 60.7 Å². The number of nitrogens with one attached hydrogen (secondary N) is 2. The molecule has 116 valence electrons. The molecule has 23 heavy (non-hydrogen) atoms. The van der Waals surface area contributed by atoms with Gasteiger partial charge in [-0.2, -0.15) is 4.98 Å². The Kier molecular flexibility index (Phi) is 4.73. The van der Waals surface area contributed by atoms with Gasteiger partial charge < -0.3 is 10.6 Å². The number of hydrogen-bond acceptors (Lipinski definition) is 6. The summed E-state index contributed by atoms with van der Waals surface area (Å²) in [7, 11) is 0. The van der Waals surface area contributed by atoms with Gasteiger partial charge in [-0.25, -0.2) is 4.98 Å². The van der Waals surface area contributed by atoms with E-state index in [2.05, 4.69) is 30.6 Å². The fourth-order valence-corrected chi connectivity index (χ4v) is 2.14. The van der Waals surface area contributed by atoms with Crippen LogP contribution in [0.2, 0.25) is 0 Å². The van der Waals surface area contributed by atoms with E-state index in [1.807, 2.05) is 43.5 Å². The Morgan fingerprint density at radius 1 is 0.957 bits per heavy atom. The van der Waals surface area contributed by atoms with Gasteiger partial charge in [-0.15, -0.1) is 0 Å². The van der Waals surface area contributed by atoms with E-state index in [0.29, 0.717) is 12.5 Å². The van der Waals surface area contributed by atoms with Crippen LogP contribution in [-0.2, 0) is 6.54 Å². The second-order valence-electron chi connectivity index (χ2n) is 4.94. The molecular weight excluding hydrogens is 288 g/mol. The van der Waals surface area contributed by atoms with Gasteiger partial charge in [-0.05, 0) is 30.7 Å². The Morgan fingerprint density at radius 2 is 1.83 bits per heavy atom. The van der Waals surface area contributed by atoms with Gasteiger partial charge >= 0.3 is 0 Å². The normalized spacial score (nSPS) is 10.3. The summed E-state index contributed by atoms with van der Waals surface area (Å²) in [5, 5.41) is 6.49. The minimum Gasteiger partial charge on any atom is -0.366 e. The molecular formula is C17H18N6. The zero-order valence-corrected chi connectivity index (χ0v) is 12.9. The lowest BCUT2D eigenvalue weighted by molar-refractivity contribution is 1.05. The first-order valence-corrected chi connectivity index (χ1v) is 7.51. The largest absolute Gasteiger partial charge is 0.366 e. The highest BCUT2D eigenvalue weighted by atomic mass is 15.1. The van der Waals surface area contributed by atoms with E-state index in [4.69, 9.17) is 0 Å². The predicted octanol–water partition coefficient (Wildman–Crippen LogP) is 2.98. The maximum Gasteiger partial charge on any atom is 0.225 e. The molecule has 0 unspecified atom stereocenters. The summed E-state index contributed by atoms with van der Waals surface area (Å²) >= 11 is 0. The molecule has 0 bridgehead atoms. The monoisotopic (exact) mass is 306 g/mol. The molecule has 2 N–H and O–H groups in total. The van der Waals surface area contributed by atoms with Crippen molar-refractivity contribution in [2.45, 2.75) is 13.5 Å². The topological polar surface area (TPSA) is 75.6 Å². The van der Waals surface area contributed by atoms with Crippen molar-refractivity contribution in [2.24, 2.45) is 0 Å². The minimum absolute atomic E-state index is 0.607. The molecule has 0 spiro atoms. The van der Waals surface area contributed by atoms with Crippen molar-refractivity contribution >= 4 is 11.8 Å². The molecule has 0 radical (unpaired) electrons. The van der Waals surface area contributed by atoms with Crippen LogP contribution >= 0.6 is 0 Å². The van der Waals surface area contributed by atoms with Gasteiger partial charge in [0, 0.05) is 49.5 Å². The Labute approximate surface area is 135 Å². The van der Waals surface area contributed by atoms with Crippen LogP contribution in [-0.4, -0.2) is 26.5 Å². The van der Waals surface area contributed by atoms with Gasteiger partial charge in [-0.3, -0.25) is 9.97 Å². The lowest BCUT2D eigenvalue weighted by Gasteiger charge is -2.10. The maximum atomic E-state index is 4.55. The number of hydrogen-bond donors (Lipinski definition) is 2. The molecule has 0 amide bonds. The Balaban J connectivity index is 1.85. The SMILES string of the molecule is CCNc1nc(NCc2cccnc2)cc(-c2ccncc2)n1. The summed E-state index contributed by atoms with van der Waals surface area (Å²) in [6.45, 7) is 3.44. The Bertz CT molecular complexity index is 746. The molecule has 3 rings (SSSR count). The molecule has 6 nitrogen and oxygen atoms in total. The van der Waals surface area contributed by atoms with Gasteiger partial charge in [0.15, 0.2) is 0 Å². The molecule has 6 heteroatoms. The number of nitrogens with zero attached hydrogens (tertiary/aromatic N) is 4. The first-order chi connectivity index (χ1) is 11.3. The summed E-state index contributed by atoms with van der Waals surface area (Å²) < 4.78 is 0. The summed E-state index contributed by atoms with van der Waals surface area (Å²) in [6.07, 6.45) is 7.11. The summed E-state index contributed by atoms with van der Waals surface area (Å²) in [5.74, 6) is 1.38. The number of aromatic nitrogens is 4. The highest BCUT2D eigenvalue weighted by Crippen LogP contribution is 2.21. The molecule has 0 aliphatic rings. The highest BCUT2D eigenvalue weighted by Gasteiger charge is 2.06. The zero-order chi connectivity index (χ0) is 15.9. The fourth-order valence-electron chi connectivity index (χ4n) is 2.14. The average molecular weight is 306 g/mol. The second kappa shape index (κ2) is 7.31. The van der Waals surface area contributed by atoms with Crippen molar-refractivity contribution in [2.75, 3.05) is 17.2 Å². The van der Waals surface area contributed by atoms with Crippen LogP contribution in [0.3, 0.4) is 0 Å². The van der Waals surface area contributed by atoms with Gasteiger partial charge in [0.2, 0.25) is 5.95 Å². The Morgan fingerprint density at radius 3 is 2.57 bits per heavy atom. The highest BCUT2D eigenvalue weighted by molar-refractivity contribution is 5.63. The number of pyridine rings is 2. The summed E-state index contributed by atoms with van der Waals surface area (Å²) in [5.41, 5.74) is 2.96. The van der Waals surface area contributed by atoms with E-state index in [-0.39, 0.29) is 0 Å². The first kappa shape index (κ1) is 14.9. The van der Waals surface area contributed by atoms with Crippen LogP contribution < -0.4 is 10.6 Å². The summed E-state index contributed by atoms with van der Waals surface area (Å²) in [4.78, 5) is 17.2. The molecule has 0 aromatic carbocycles. The molecule has 0 aliphatic carbocycles. The van der Waals surface area contributed by atoms with Crippen LogP contribution in [0.25, 0.3) is 11.3 Å². The molecule has 0 aliphatic heterocycles. The molecule has 0 saturated carbocycles. The third-order valence-electron chi connectivity index (χ3n) is 3.23.